The van der Waals surface area contributed by atoms with E-state index in [-0.39, 0.29) is 0 Å². The molecule has 0 amide bonds. The van der Waals surface area contributed by atoms with Crippen molar-refractivity contribution in [3.63, 3.8) is 0 Å². The first-order valence-electron chi connectivity index (χ1n) is 5.25. The zero-order valence-electron chi connectivity index (χ0n) is 8.06. The summed E-state index contributed by atoms with van der Waals surface area (Å²) in [4.78, 5) is 2.57. The van der Waals surface area contributed by atoms with Crippen molar-refractivity contribution in [3.05, 3.63) is 16.0 Å². The van der Waals surface area contributed by atoms with E-state index in [0.717, 1.165) is 5.92 Å². The molecule has 4 heterocycles. The first-order valence-corrected chi connectivity index (χ1v) is 6.33. The second-order valence-electron chi connectivity index (χ2n) is 4.34. The molecule has 1 aromatic heterocycles. The number of piperidine rings is 3. The van der Waals surface area contributed by atoms with Gasteiger partial charge in [0, 0.05) is 12.7 Å². The fourth-order valence-corrected chi connectivity index (χ4v) is 3.14. The summed E-state index contributed by atoms with van der Waals surface area (Å²) in [5.74, 6) is 0.871. The van der Waals surface area contributed by atoms with E-state index in [2.05, 4.69) is 43.5 Å². The third-order valence-electron chi connectivity index (χ3n) is 3.53. The molecule has 76 valence electrons. The van der Waals surface area contributed by atoms with Crippen molar-refractivity contribution < 1.29 is 0 Å². The van der Waals surface area contributed by atoms with Crippen LogP contribution < -0.4 is 0 Å². The van der Waals surface area contributed by atoms with Crippen LogP contribution in [0.5, 0.6) is 0 Å². The van der Waals surface area contributed by atoms with E-state index in [1.165, 1.54) is 36.0 Å². The van der Waals surface area contributed by atoms with E-state index in [1.54, 1.807) is 0 Å². The Kier molecular flexibility index (Phi) is 2.28. The lowest BCUT2D eigenvalue weighted by Crippen LogP contribution is -2.48. The lowest BCUT2D eigenvalue weighted by molar-refractivity contribution is 0.0512. The highest BCUT2D eigenvalue weighted by Gasteiger charge is 2.35. The van der Waals surface area contributed by atoms with Gasteiger partial charge in [-0.3, -0.25) is 4.68 Å². The van der Waals surface area contributed by atoms with E-state index in [0.29, 0.717) is 6.04 Å². The second-order valence-corrected chi connectivity index (χ2v) is 5.59. The van der Waals surface area contributed by atoms with Crippen LogP contribution in [0.4, 0.5) is 0 Å². The zero-order valence-corrected chi connectivity index (χ0v) is 10.2. The molecule has 1 aromatic rings. The molecule has 2 bridgehead atoms. The second kappa shape index (κ2) is 3.48. The maximum Gasteiger partial charge on any atom is 0.0675 e. The maximum atomic E-state index is 4.44. The molecule has 0 saturated carbocycles. The lowest BCUT2D eigenvalue weighted by atomic mass is 9.84. The number of nitrogens with zero attached hydrogens (tertiary/aromatic N) is 3. The Labute approximate surface area is 97.6 Å². The van der Waals surface area contributed by atoms with Gasteiger partial charge < -0.3 is 4.90 Å². The highest BCUT2D eigenvalue weighted by Crippen LogP contribution is 2.35. The smallest absolute Gasteiger partial charge is 0.0675 e. The van der Waals surface area contributed by atoms with Gasteiger partial charge in [-0.25, -0.2) is 0 Å². The van der Waals surface area contributed by atoms with Crippen LogP contribution in [0.1, 0.15) is 18.9 Å². The highest BCUT2D eigenvalue weighted by molar-refractivity contribution is 14.1. The highest BCUT2D eigenvalue weighted by atomic mass is 127. The Bertz CT molecular complexity index is 328. The van der Waals surface area contributed by atoms with Gasteiger partial charge in [-0.15, -0.1) is 0 Å². The summed E-state index contributed by atoms with van der Waals surface area (Å²) >= 11 is 2.33. The van der Waals surface area contributed by atoms with E-state index in [1.807, 2.05) is 6.20 Å². The predicted molar refractivity (Wildman–Crippen MR) is 63.1 cm³/mol. The number of hydrogen-bond acceptors (Lipinski definition) is 2. The lowest BCUT2D eigenvalue weighted by Gasteiger charge is -2.44. The van der Waals surface area contributed by atoms with Crippen LogP contribution in [0.15, 0.2) is 12.4 Å². The van der Waals surface area contributed by atoms with Crippen molar-refractivity contribution in [3.8, 4) is 0 Å². The molecule has 4 heteroatoms. The Morgan fingerprint density at radius 2 is 2.14 bits per heavy atom. The molecule has 0 radical (unpaired) electrons. The topological polar surface area (TPSA) is 21.1 Å². The Balaban J connectivity index is 1.85. The van der Waals surface area contributed by atoms with Crippen molar-refractivity contribution in [1.82, 2.24) is 14.7 Å². The summed E-state index contributed by atoms with van der Waals surface area (Å²) in [6.45, 7) is 3.82. The average Bonchev–Trinajstić information content (AvgIpc) is 2.66. The number of halogens is 1. The monoisotopic (exact) mass is 303 g/mol. The van der Waals surface area contributed by atoms with Gasteiger partial charge in [-0.05, 0) is 54.4 Å². The summed E-state index contributed by atoms with van der Waals surface area (Å²) < 4.78 is 3.43. The first kappa shape index (κ1) is 9.15. The summed E-state index contributed by atoms with van der Waals surface area (Å²) in [5, 5.41) is 4.44. The van der Waals surface area contributed by atoms with Gasteiger partial charge in [0.15, 0.2) is 0 Å². The molecule has 3 saturated heterocycles. The third kappa shape index (κ3) is 1.48. The molecule has 0 spiro atoms. The zero-order chi connectivity index (χ0) is 9.54. The average molecular weight is 303 g/mol. The van der Waals surface area contributed by atoms with Gasteiger partial charge in [-0.2, -0.15) is 5.10 Å². The molecule has 3 aliphatic rings. The van der Waals surface area contributed by atoms with Crippen LogP contribution >= 0.6 is 22.6 Å². The largest absolute Gasteiger partial charge is 0.301 e. The van der Waals surface area contributed by atoms with Crippen molar-refractivity contribution in [2.75, 3.05) is 19.6 Å². The number of fused-ring (bicyclic) bond motifs is 3. The predicted octanol–water partition coefficient (Wildman–Crippen LogP) is 1.75. The standard InChI is InChI=1S/C10H14IN3/c11-9-5-12-14(6-9)10-7-13-3-1-8(10)2-4-13/h5-6,8,10H,1-4,7H2. The fourth-order valence-electron chi connectivity index (χ4n) is 2.73. The summed E-state index contributed by atoms with van der Waals surface area (Å²) in [7, 11) is 0. The van der Waals surface area contributed by atoms with Crippen LogP contribution in [0, 0.1) is 9.49 Å². The van der Waals surface area contributed by atoms with Gasteiger partial charge in [0.05, 0.1) is 15.8 Å². The molecular weight excluding hydrogens is 289 g/mol. The molecule has 1 unspecified atom stereocenters. The van der Waals surface area contributed by atoms with Crippen molar-refractivity contribution >= 4 is 22.6 Å². The number of rotatable bonds is 1. The Hall–Kier alpha value is -0.100. The fraction of sp³-hybridized carbons (Fsp3) is 0.700. The number of hydrogen-bond donors (Lipinski definition) is 0. The SMILES string of the molecule is Ic1cnn(C2CN3CCC2CC3)c1. The van der Waals surface area contributed by atoms with Crippen molar-refractivity contribution in [2.24, 2.45) is 5.92 Å². The van der Waals surface area contributed by atoms with Gasteiger partial charge >= 0.3 is 0 Å². The summed E-state index contributed by atoms with van der Waals surface area (Å²) in [5.41, 5.74) is 0. The molecular formula is C10H14IN3. The van der Waals surface area contributed by atoms with Crippen LogP contribution in [0.3, 0.4) is 0 Å². The quantitative estimate of drug-likeness (QED) is 0.737. The molecule has 3 aliphatic heterocycles. The minimum absolute atomic E-state index is 0.640. The molecule has 3 nitrogen and oxygen atoms in total. The van der Waals surface area contributed by atoms with Crippen molar-refractivity contribution in [2.45, 2.75) is 18.9 Å². The van der Waals surface area contributed by atoms with Crippen LogP contribution in [-0.4, -0.2) is 34.3 Å². The molecule has 14 heavy (non-hydrogen) atoms. The van der Waals surface area contributed by atoms with Gasteiger partial charge in [-0.1, -0.05) is 0 Å². The van der Waals surface area contributed by atoms with E-state index in [4.69, 9.17) is 0 Å². The third-order valence-corrected chi connectivity index (χ3v) is 4.09. The summed E-state index contributed by atoms with van der Waals surface area (Å²) in [6.07, 6.45) is 6.85. The molecule has 3 fully saturated rings. The Morgan fingerprint density at radius 1 is 1.36 bits per heavy atom. The molecule has 0 aromatic carbocycles. The van der Waals surface area contributed by atoms with Gasteiger partial charge in [0.2, 0.25) is 0 Å². The van der Waals surface area contributed by atoms with E-state index < -0.39 is 0 Å². The maximum absolute atomic E-state index is 4.44. The first-order chi connectivity index (χ1) is 6.83. The normalized spacial score (nSPS) is 36.2. The molecule has 0 aliphatic carbocycles. The van der Waals surface area contributed by atoms with E-state index in [9.17, 15) is 0 Å². The van der Waals surface area contributed by atoms with Gasteiger partial charge in [0.1, 0.15) is 0 Å². The summed E-state index contributed by atoms with van der Waals surface area (Å²) in [6, 6.07) is 0.640. The number of aromatic nitrogens is 2. The molecule has 0 N–H and O–H groups in total. The van der Waals surface area contributed by atoms with Crippen LogP contribution in [0.2, 0.25) is 0 Å². The minimum Gasteiger partial charge on any atom is -0.301 e. The minimum atomic E-state index is 0.640. The molecule has 1 atom stereocenters. The van der Waals surface area contributed by atoms with Crippen LogP contribution in [0.25, 0.3) is 0 Å². The van der Waals surface area contributed by atoms with E-state index >= 15 is 0 Å². The van der Waals surface area contributed by atoms with Crippen molar-refractivity contribution in [1.29, 1.82) is 0 Å². The molecule has 4 rings (SSSR count). The van der Waals surface area contributed by atoms with Gasteiger partial charge in [0.25, 0.3) is 0 Å². The van der Waals surface area contributed by atoms with Crippen LogP contribution in [-0.2, 0) is 0 Å². The Morgan fingerprint density at radius 3 is 2.64 bits per heavy atom.